The van der Waals surface area contributed by atoms with Gasteiger partial charge in [-0.05, 0) is 36.5 Å². The van der Waals surface area contributed by atoms with Gasteiger partial charge in [0, 0.05) is 12.2 Å². The van der Waals surface area contributed by atoms with E-state index >= 15 is 0 Å². The van der Waals surface area contributed by atoms with Crippen LogP contribution in [0.3, 0.4) is 0 Å². The van der Waals surface area contributed by atoms with Crippen LogP contribution in [0.5, 0.6) is 0 Å². The molecule has 0 spiro atoms. The van der Waals surface area contributed by atoms with Crippen molar-refractivity contribution in [2.24, 2.45) is 5.41 Å². The summed E-state index contributed by atoms with van der Waals surface area (Å²) in [4.78, 5) is 14.6. The van der Waals surface area contributed by atoms with Crippen LogP contribution in [0.25, 0.3) is 0 Å². The number of aliphatic hydroxyl groups excluding tert-OH is 1. The third kappa shape index (κ3) is 5.88. The van der Waals surface area contributed by atoms with Gasteiger partial charge in [0.2, 0.25) is 0 Å². The molecule has 0 radical (unpaired) electrons. The minimum absolute atomic E-state index is 0.0733. The van der Waals surface area contributed by atoms with Gasteiger partial charge in [0.05, 0.1) is 12.6 Å². The van der Waals surface area contributed by atoms with Gasteiger partial charge < -0.3 is 15.3 Å². The number of urea groups is 1. The Hall–Kier alpha value is -2.33. The topological polar surface area (TPSA) is 52.6 Å². The fourth-order valence-electron chi connectivity index (χ4n) is 2.93. The zero-order valence-electron chi connectivity index (χ0n) is 16.4. The van der Waals surface area contributed by atoms with Crippen LogP contribution in [-0.4, -0.2) is 29.1 Å². The van der Waals surface area contributed by atoms with E-state index < -0.39 is 6.10 Å². The van der Waals surface area contributed by atoms with E-state index in [9.17, 15) is 9.90 Å². The summed E-state index contributed by atoms with van der Waals surface area (Å²) in [5, 5.41) is 13.6. The van der Waals surface area contributed by atoms with Gasteiger partial charge in [-0.2, -0.15) is 0 Å². The van der Waals surface area contributed by atoms with Crippen LogP contribution in [0.15, 0.2) is 48.5 Å². The number of anilines is 1. The van der Waals surface area contributed by atoms with Crippen LogP contribution in [-0.2, 0) is 0 Å². The first-order valence-corrected chi connectivity index (χ1v) is 9.02. The molecule has 0 saturated heterocycles. The molecular formula is C22H30N2O2. The highest BCUT2D eigenvalue weighted by Crippen LogP contribution is 2.22. The van der Waals surface area contributed by atoms with Crippen molar-refractivity contribution in [2.45, 2.75) is 40.7 Å². The number of hydrogen-bond acceptors (Lipinski definition) is 2. The molecular weight excluding hydrogens is 324 g/mol. The summed E-state index contributed by atoms with van der Waals surface area (Å²) in [5.41, 5.74) is 3.72. The molecule has 0 fully saturated rings. The molecule has 4 nitrogen and oxygen atoms in total. The third-order valence-corrected chi connectivity index (χ3v) is 4.15. The molecule has 0 heterocycles. The van der Waals surface area contributed by atoms with Gasteiger partial charge in [-0.3, -0.25) is 0 Å². The van der Waals surface area contributed by atoms with Crippen molar-refractivity contribution >= 4 is 11.7 Å². The Morgan fingerprint density at radius 2 is 1.77 bits per heavy atom. The zero-order chi connectivity index (χ0) is 19.3. The monoisotopic (exact) mass is 354 g/mol. The van der Waals surface area contributed by atoms with E-state index in [2.05, 4.69) is 26.1 Å². The van der Waals surface area contributed by atoms with Crippen molar-refractivity contribution in [1.82, 2.24) is 4.90 Å². The number of aryl methyl sites for hydroxylation is 2. The second-order valence-corrected chi connectivity index (χ2v) is 8.12. The van der Waals surface area contributed by atoms with Gasteiger partial charge in [-0.1, -0.05) is 68.8 Å². The van der Waals surface area contributed by atoms with E-state index in [1.54, 1.807) is 4.90 Å². The molecule has 0 aromatic heterocycles. The maximum Gasteiger partial charge on any atom is 0.321 e. The second-order valence-electron chi connectivity index (χ2n) is 8.12. The standard InChI is InChI=1S/C22H30N2O2/c1-16-11-12-19(17(2)13-16)23-21(26)24(15-22(3,4)5)14-20(25)18-9-7-6-8-10-18/h6-13,20,25H,14-15H2,1-5H3,(H,23,26)/t20-/m1/s1. The maximum absolute atomic E-state index is 12.9. The molecule has 140 valence electrons. The number of benzene rings is 2. The molecule has 2 aromatic carbocycles. The number of nitrogens with zero attached hydrogens (tertiary/aromatic N) is 1. The van der Waals surface area contributed by atoms with Crippen molar-refractivity contribution in [3.63, 3.8) is 0 Å². The molecule has 2 amide bonds. The number of carbonyl (C=O) groups excluding carboxylic acids is 1. The van der Waals surface area contributed by atoms with Gasteiger partial charge >= 0.3 is 6.03 Å². The highest BCUT2D eigenvalue weighted by Gasteiger charge is 2.24. The van der Waals surface area contributed by atoms with Gasteiger partial charge in [0.25, 0.3) is 0 Å². The van der Waals surface area contributed by atoms with E-state index in [4.69, 9.17) is 0 Å². The summed E-state index contributed by atoms with van der Waals surface area (Å²) in [7, 11) is 0. The number of nitrogens with one attached hydrogen (secondary N) is 1. The summed E-state index contributed by atoms with van der Waals surface area (Å²) in [6, 6.07) is 15.2. The van der Waals surface area contributed by atoms with E-state index in [1.165, 1.54) is 0 Å². The molecule has 4 heteroatoms. The minimum atomic E-state index is -0.719. The first kappa shape index (κ1) is 20.0. The lowest BCUT2D eigenvalue weighted by Crippen LogP contribution is -2.42. The number of aliphatic hydroxyl groups is 1. The van der Waals surface area contributed by atoms with Crippen molar-refractivity contribution in [3.05, 3.63) is 65.2 Å². The summed E-state index contributed by atoms with van der Waals surface area (Å²) in [6.45, 7) is 11.1. The summed E-state index contributed by atoms with van der Waals surface area (Å²) < 4.78 is 0. The van der Waals surface area contributed by atoms with Crippen LogP contribution < -0.4 is 5.32 Å². The Kier molecular flexibility index (Phi) is 6.43. The second kappa shape index (κ2) is 8.37. The van der Waals surface area contributed by atoms with Crippen LogP contribution in [0.4, 0.5) is 10.5 Å². The molecule has 0 aliphatic carbocycles. The maximum atomic E-state index is 12.9. The number of rotatable bonds is 5. The number of amides is 2. The molecule has 0 bridgehead atoms. The Balaban J connectivity index is 2.16. The average molecular weight is 354 g/mol. The SMILES string of the molecule is Cc1ccc(NC(=O)N(C[C@@H](O)c2ccccc2)CC(C)(C)C)c(C)c1. The number of hydrogen-bond donors (Lipinski definition) is 2. The van der Waals surface area contributed by atoms with Crippen LogP contribution in [0.2, 0.25) is 0 Å². The fourth-order valence-corrected chi connectivity index (χ4v) is 2.93. The lowest BCUT2D eigenvalue weighted by atomic mass is 9.95. The predicted molar refractivity (Wildman–Crippen MR) is 107 cm³/mol. The summed E-state index contributed by atoms with van der Waals surface area (Å²) in [6.07, 6.45) is -0.719. The highest BCUT2D eigenvalue weighted by atomic mass is 16.3. The van der Waals surface area contributed by atoms with Gasteiger partial charge in [0.1, 0.15) is 0 Å². The smallest absolute Gasteiger partial charge is 0.321 e. The molecule has 1 atom stereocenters. The van der Waals surface area contributed by atoms with E-state index in [1.807, 2.05) is 62.4 Å². The highest BCUT2D eigenvalue weighted by molar-refractivity contribution is 5.90. The van der Waals surface area contributed by atoms with Crippen molar-refractivity contribution in [1.29, 1.82) is 0 Å². The Morgan fingerprint density at radius 3 is 2.35 bits per heavy atom. The van der Waals surface area contributed by atoms with E-state index in [0.29, 0.717) is 6.54 Å². The third-order valence-electron chi connectivity index (χ3n) is 4.15. The van der Waals surface area contributed by atoms with Gasteiger partial charge in [-0.15, -0.1) is 0 Å². The fraction of sp³-hybridized carbons (Fsp3) is 0.409. The van der Waals surface area contributed by atoms with E-state index in [-0.39, 0.29) is 18.0 Å². The molecule has 2 aromatic rings. The molecule has 0 aliphatic heterocycles. The Labute approximate surface area is 156 Å². The van der Waals surface area contributed by atoms with Crippen LogP contribution in [0, 0.1) is 19.3 Å². The molecule has 26 heavy (non-hydrogen) atoms. The van der Waals surface area contributed by atoms with Crippen LogP contribution >= 0.6 is 0 Å². The zero-order valence-corrected chi connectivity index (χ0v) is 16.4. The first-order valence-electron chi connectivity index (χ1n) is 9.02. The minimum Gasteiger partial charge on any atom is -0.387 e. The van der Waals surface area contributed by atoms with Gasteiger partial charge in [-0.25, -0.2) is 4.79 Å². The normalized spacial score (nSPS) is 12.5. The molecule has 0 unspecified atom stereocenters. The lowest BCUT2D eigenvalue weighted by Gasteiger charge is -2.32. The largest absolute Gasteiger partial charge is 0.387 e. The molecule has 0 aliphatic rings. The Morgan fingerprint density at radius 1 is 1.12 bits per heavy atom. The lowest BCUT2D eigenvalue weighted by molar-refractivity contribution is 0.110. The van der Waals surface area contributed by atoms with Gasteiger partial charge in [0.15, 0.2) is 0 Å². The number of carbonyl (C=O) groups is 1. The van der Waals surface area contributed by atoms with Crippen molar-refractivity contribution in [3.8, 4) is 0 Å². The van der Waals surface area contributed by atoms with E-state index in [0.717, 1.165) is 22.4 Å². The van der Waals surface area contributed by atoms with Crippen LogP contribution in [0.1, 0.15) is 43.6 Å². The quantitative estimate of drug-likeness (QED) is 0.801. The van der Waals surface area contributed by atoms with Crippen molar-refractivity contribution < 1.29 is 9.90 Å². The van der Waals surface area contributed by atoms with Crippen molar-refractivity contribution in [2.75, 3.05) is 18.4 Å². The molecule has 2 N–H and O–H groups in total. The summed E-state index contributed by atoms with van der Waals surface area (Å²) >= 11 is 0. The Bertz CT molecular complexity index is 736. The molecule has 0 saturated carbocycles. The first-order chi connectivity index (χ1) is 12.2. The predicted octanol–water partition coefficient (Wildman–Crippen LogP) is 4.92. The summed E-state index contributed by atoms with van der Waals surface area (Å²) in [5.74, 6) is 0. The average Bonchev–Trinajstić information content (AvgIpc) is 2.56. The molecule has 2 rings (SSSR count).